The first-order valence-electron chi connectivity index (χ1n) is 6.20. The molecule has 1 aromatic heterocycles. The monoisotopic (exact) mass is 361 g/mol. The molecule has 0 amide bonds. The van der Waals surface area contributed by atoms with Crippen LogP contribution in [0.5, 0.6) is 0 Å². The predicted octanol–water partition coefficient (Wildman–Crippen LogP) is 2.29. The Morgan fingerprint density at radius 2 is 2.18 bits per heavy atom. The van der Waals surface area contributed by atoms with Gasteiger partial charge in [-0.2, -0.15) is 5.10 Å². The highest BCUT2D eigenvalue weighted by molar-refractivity contribution is 7.99. The van der Waals surface area contributed by atoms with Gasteiger partial charge in [0.15, 0.2) is 0 Å². The minimum Gasteiger partial charge on any atom is -0.481 e. The highest BCUT2D eigenvalue weighted by atomic mass is 35.5. The van der Waals surface area contributed by atoms with Crippen LogP contribution in [-0.4, -0.2) is 42.5 Å². The van der Waals surface area contributed by atoms with Crippen LogP contribution < -0.4 is 0 Å². The molecule has 1 heterocycles. The van der Waals surface area contributed by atoms with Crippen LogP contribution in [0.4, 0.5) is 0 Å². The van der Waals surface area contributed by atoms with E-state index in [0.29, 0.717) is 15.6 Å². The van der Waals surface area contributed by atoms with Crippen molar-refractivity contribution in [2.75, 3.05) is 11.5 Å². The fourth-order valence-electron chi connectivity index (χ4n) is 1.97. The third-order valence-electron chi connectivity index (χ3n) is 2.89. The van der Waals surface area contributed by atoms with E-state index in [1.807, 2.05) is 0 Å². The standard InChI is InChI=1S/C13H13Cl2N3O3S/c14-9-1-2-10(11(15)3-9)13(21,6-22-4-12(19)20)5-18-8-16-7-17-18/h1-3,7-8,21H,4-6H2,(H,19,20). The van der Waals surface area contributed by atoms with E-state index in [4.69, 9.17) is 28.3 Å². The van der Waals surface area contributed by atoms with Gasteiger partial charge in [-0.15, -0.1) is 11.8 Å². The molecule has 1 aromatic carbocycles. The Labute approximate surface area is 141 Å². The van der Waals surface area contributed by atoms with Gasteiger partial charge in [0.05, 0.1) is 12.3 Å². The Kier molecular flexibility index (Phi) is 5.69. The van der Waals surface area contributed by atoms with Gasteiger partial charge in [-0.1, -0.05) is 29.3 Å². The number of halogens is 2. The van der Waals surface area contributed by atoms with Crippen LogP contribution in [0.25, 0.3) is 0 Å². The molecule has 1 unspecified atom stereocenters. The van der Waals surface area contributed by atoms with Crippen molar-refractivity contribution in [3.8, 4) is 0 Å². The molecule has 2 N–H and O–H groups in total. The van der Waals surface area contributed by atoms with Crippen LogP contribution in [0.15, 0.2) is 30.9 Å². The number of carbonyl (C=O) groups is 1. The lowest BCUT2D eigenvalue weighted by Gasteiger charge is -2.29. The molecule has 2 rings (SSSR count). The minimum absolute atomic E-state index is 0.0982. The maximum atomic E-state index is 11.0. The van der Waals surface area contributed by atoms with Gasteiger partial charge < -0.3 is 10.2 Å². The first kappa shape index (κ1) is 17.1. The summed E-state index contributed by atoms with van der Waals surface area (Å²) in [6, 6.07) is 4.78. The third-order valence-corrected chi connectivity index (χ3v) is 4.57. The van der Waals surface area contributed by atoms with Crippen LogP contribution in [0.1, 0.15) is 5.56 Å². The average molecular weight is 362 g/mol. The molecule has 0 aliphatic rings. The van der Waals surface area contributed by atoms with Gasteiger partial charge in [0.2, 0.25) is 0 Å². The number of thioether (sulfide) groups is 1. The number of hydrogen-bond acceptors (Lipinski definition) is 5. The van der Waals surface area contributed by atoms with E-state index >= 15 is 0 Å². The Bertz CT molecular complexity index is 654. The maximum Gasteiger partial charge on any atom is 0.313 e. The molecule has 0 aliphatic heterocycles. The first-order valence-corrected chi connectivity index (χ1v) is 8.11. The van der Waals surface area contributed by atoms with Crippen molar-refractivity contribution in [2.45, 2.75) is 12.1 Å². The largest absolute Gasteiger partial charge is 0.481 e. The van der Waals surface area contributed by atoms with Crippen LogP contribution in [0, 0.1) is 0 Å². The molecule has 0 bridgehead atoms. The van der Waals surface area contributed by atoms with Gasteiger partial charge in [0.25, 0.3) is 0 Å². The van der Waals surface area contributed by atoms with Crippen LogP contribution in [0.3, 0.4) is 0 Å². The zero-order chi connectivity index (χ0) is 16.2. The van der Waals surface area contributed by atoms with Crippen LogP contribution in [-0.2, 0) is 16.9 Å². The number of benzene rings is 1. The highest BCUT2D eigenvalue weighted by Crippen LogP contribution is 2.34. The highest BCUT2D eigenvalue weighted by Gasteiger charge is 2.33. The van der Waals surface area contributed by atoms with Crippen molar-refractivity contribution in [1.29, 1.82) is 0 Å². The number of rotatable bonds is 7. The van der Waals surface area contributed by atoms with E-state index in [1.54, 1.807) is 12.1 Å². The number of nitrogens with zero attached hydrogens (tertiary/aromatic N) is 3. The first-order chi connectivity index (χ1) is 10.4. The lowest BCUT2D eigenvalue weighted by Crippen LogP contribution is -2.35. The number of hydrogen-bond donors (Lipinski definition) is 2. The molecule has 0 saturated heterocycles. The Morgan fingerprint density at radius 3 is 2.77 bits per heavy atom. The molecular weight excluding hydrogens is 349 g/mol. The summed E-state index contributed by atoms with van der Waals surface area (Å²) in [7, 11) is 0. The van der Waals surface area contributed by atoms with Crippen molar-refractivity contribution in [3.63, 3.8) is 0 Å². The topological polar surface area (TPSA) is 88.2 Å². The summed E-state index contributed by atoms with van der Waals surface area (Å²) in [6.07, 6.45) is 2.82. The SMILES string of the molecule is O=C(O)CSCC(O)(Cn1cncn1)c1ccc(Cl)cc1Cl. The van der Waals surface area contributed by atoms with E-state index in [2.05, 4.69) is 10.1 Å². The van der Waals surface area contributed by atoms with Crippen molar-refractivity contribution in [2.24, 2.45) is 0 Å². The minimum atomic E-state index is -1.39. The van der Waals surface area contributed by atoms with E-state index in [-0.39, 0.29) is 18.1 Å². The number of aliphatic carboxylic acids is 1. The van der Waals surface area contributed by atoms with Crippen molar-refractivity contribution in [3.05, 3.63) is 46.5 Å². The molecular formula is C13H13Cl2N3O3S. The van der Waals surface area contributed by atoms with Gasteiger partial charge in [0.1, 0.15) is 18.3 Å². The third kappa shape index (κ3) is 4.36. The molecule has 9 heteroatoms. The molecule has 6 nitrogen and oxygen atoms in total. The normalized spacial score (nSPS) is 13.8. The van der Waals surface area contributed by atoms with E-state index in [0.717, 1.165) is 11.8 Å². The Morgan fingerprint density at radius 1 is 1.41 bits per heavy atom. The molecule has 2 aromatic rings. The number of aromatic nitrogens is 3. The summed E-state index contributed by atoms with van der Waals surface area (Å²) in [5, 5.41) is 24.5. The van der Waals surface area contributed by atoms with E-state index in [9.17, 15) is 9.90 Å². The van der Waals surface area contributed by atoms with Crippen LogP contribution in [0.2, 0.25) is 10.0 Å². The zero-order valence-electron chi connectivity index (χ0n) is 11.3. The van der Waals surface area contributed by atoms with Crippen molar-refractivity contribution in [1.82, 2.24) is 14.8 Å². The summed E-state index contributed by atoms with van der Waals surface area (Å²) >= 11 is 13.2. The average Bonchev–Trinajstić information content (AvgIpc) is 2.90. The van der Waals surface area contributed by atoms with E-state index in [1.165, 1.54) is 23.4 Å². The molecule has 0 fully saturated rings. The molecule has 0 spiro atoms. The van der Waals surface area contributed by atoms with Crippen molar-refractivity contribution < 1.29 is 15.0 Å². The quantitative estimate of drug-likeness (QED) is 0.786. The van der Waals surface area contributed by atoms with Crippen molar-refractivity contribution >= 4 is 40.9 Å². The molecule has 0 saturated carbocycles. The van der Waals surface area contributed by atoms with Gasteiger partial charge in [-0.25, -0.2) is 9.67 Å². The second kappa shape index (κ2) is 7.32. The molecule has 118 valence electrons. The maximum absolute atomic E-state index is 11.0. The van der Waals surface area contributed by atoms with Gasteiger partial charge in [0, 0.05) is 21.4 Å². The molecule has 0 radical (unpaired) electrons. The summed E-state index contributed by atoms with van der Waals surface area (Å²) in [4.78, 5) is 14.5. The van der Waals surface area contributed by atoms with Gasteiger partial charge in [-0.05, 0) is 12.1 Å². The lowest BCUT2D eigenvalue weighted by molar-refractivity contribution is -0.133. The smallest absolute Gasteiger partial charge is 0.313 e. The Hall–Kier alpha value is -1.28. The number of aliphatic hydroxyl groups is 1. The van der Waals surface area contributed by atoms with E-state index < -0.39 is 11.6 Å². The fraction of sp³-hybridized carbons (Fsp3) is 0.308. The van der Waals surface area contributed by atoms with Crippen LogP contribution >= 0.6 is 35.0 Å². The molecule has 0 aliphatic carbocycles. The summed E-state index contributed by atoms with van der Waals surface area (Å²) in [5.74, 6) is -0.930. The molecule has 22 heavy (non-hydrogen) atoms. The lowest BCUT2D eigenvalue weighted by atomic mass is 9.95. The zero-order valence-corrected chi connectivity index (χ0v) is 13.6. The summed E-state index contributed by atoms with van der Waals surface area (Å²) in [6.45, 7) is 0.0982. The van der Waals surface area contributed by atoms with Gasteiger partial charge >= 0.3 is 5.97 Å². The number of carboxylic acids is 1. The number of carboxylic acid groups (broad SMARTS) is 1. The predicted molar refractivity (Wildman–Crippen MR) is 85.3 cm³/mol. The molecule has 1 atom stereocenters. The van der Waals surface area contributed by atoms with Gasteiger partial charge in [-0.3, -0.25) is 4.79 Å². The Balaban J connectivity index is 2.28. The summed E-state index contributed by atoms with van der Waals surface area (Å²) in [5.41, 5.74) is -0.929. The summed E-state index contributed by atoms with van der Waals surface area (Å²) < 4.78 is 1.46. The second-order valence-corrected chi connectivity index (χ2v) is 6.46. The fourth-order valence-corrected chi connectivity index (χ4v) is 3.41. The second-order valence-electron chi connectivity index (χ2n) is 4.64.